The number of benzene rings is 1. The lowest BCUT2D eigenvalue weighted by Crippen LogP contribution is -2.27. The Bertz CT molecular complexity index is 813. The molecular weight excluding hydrogens is 382 g/mol. The normalized spacial score (nSPS) is 18.8. The number of unbranched alkanes of at least 4 members (excludes halogenated alkanes) is 1. The van der Waals surface area contributed by atoms with Gasteiger partial charge in [0.25, 0.3) is 0 Å². The summed E-state index contributed by atoms with van der Waals surface area (Å²) in [5.41, 5.74) is 1.24. The van der Waals surface area contributed by atoms with Gasteiger partial charge in [-0.2, -0.15) is 0 Å². The van der Waals surface area contributed by atoms with Crippen LogP contribution in [0, 0.1) is 11.8 Å². The standard InChI is InChI=1S/C23H33N3O4/c1-4-7-8-16-9-11-17(12-10-16)23(27)24-22-21(25-30-26-22)18-13-14-19(28-5-2)20(15-18)29-6-3/h13-17H,4-12H2,1-3H3,(H,24,26,27). The molecule has 3 rings (SSSR count). The average molecular weight is 416 g/mol. The molecule has 164 valence electrons. The second-order valence-electron chi connectivity index (χ2n) is 7.84. The largest absolute Gasteiger partial charge is 0.490 e. The van der Waals surface area contributed by atoms with E-state index in [1.165, 1.54) is 19.3 Å². The van der Waals surface area contributed by atoms with Crippen molar-refractivity contribution in [3.63, 3.8) is 0 Å². The Balaban J connectivity index is 1.67. The predicted molar refractivity (Wildman–Crippen MR) is 116 cm³/mol. The minimum atomic E-state index is -0.00291. The van der Waals surface area contributed by atoms with Gasteiger partial charge in [-0.1, -0.05) is 26.2 Å². The number of amides is 1. The van der Waals surface area contributed by atoms with E-state index in [1.54, 1.807) is 0 Å². The number of aromatic nitrogens is 2. The quantitative estimate of drug-likeness (QED) is 0.554. The number of anilines is 1. The van der Waals surface area contributed by atoms with Crippen molar-refractivity contribution >= 4 is 11.7 Å². The van der Waals surface area contributed by atoms with Gasteiger partial charge in [-0.25, -0.2) is 4.63 Å². The molecule has 7 heteroatoms. The maximum absolute atomic E-state index is 12.8. The molecule has 1 fully saturated rings. The Morgan fingerprint density at radius 1 is 1.07 bits per heavy atom. The lowest BCUT2D eigenvalue weighted by atomic mass is 9.79. The van der Waals surface area contributed by atoms with Gasteiger partial charge in [-0.15, -0.1) is 0 Å². The maximum atomic E-state index is 12.8. The van der Waals surface area contributed by atoms with Crippen LogP contribution in [0.15, 0.2) is 22.8 Å². The lowest BCUT2D eigenvalue weighted by Gasteiger charge is -2.27. The second-order valence-corrected chi connectivity index (χ2v) is 7.84. The first-order chi connectivity index (χ1) is 14.7. The molecule has 1 N–H and O–H groups in total. The highest BCUT2D eigenvalue weighted by Crippen LogP contribution is 2.36. The third-order valence-electron chi connectivity index (χ3n) is 5.73. The van der Waals surface area contributed by atoms with E-state index in [4.69, 9.17) is 14.1 Å². The summed E-state index contributed by atoms with van der Waals surface area (Å²) in [6, 6.07) is 5.53. The molecule has 7 nitrogen and oxygen atoms in total. The van der Waals surface area contributed by atoms with Gasteiger partial charge in [0, 0.05) is 11.5 Å². The molecule has 1 aliphatic carbocycles. The minimum absolute atomic E-state index is 0.00291. The van der Waals surface area contributed by atoms with Crippen molar-refractivity contribution in [3.8, 4) is 22.8 Å². The fraction of sp³-hybridized carbons (Fsp3) is 0.609. The molecule has 1 aliphatic rings. The first-order valence-electron chi connectivity index (χ1n) is 11.2. The van der Waals surface area contributed by atoms with Gasteiger partial charge in [0.1, 0.15) is 0 Å². The third kappa shape index (κ3) is 5.52. The third-order valence-corrected chi connectivity index (χ3v) is 5.73. The first kappa shape index (κ1) is 22.1. The van der Waals surface area contributed by atoms with Crippen molar-refractivity contribution in [3.05, 3.63) is 18.2 Å². The molecule has 0 saturated heterocycles. The lowest BCUT2D eigenvalue weighted by molar-refractivity contribution is -0.121. The van der Waals surface area contributed by atoms with Crippen molar-refractivity contribution < 1.29 is 18.9 Å². The van der Waals surface area contributed by atoms with Crippen LogP contribution in [0.25, 0.3) is 11.3 Å². The highest BCUT2D eigenvalue weighted by atomic mass is 16.6. The molecule has 0 radical (unpaired) electrons. The molecule has 1 saturated carbocycles. The van der Waals surface area contributed by atoms with Crippen LogP contribution in [0.2, 0.25) is 0 Å². The van der Waals surface area contributed by atoms with Crippen molar-refractivity contribution in [2.45, 2.75) is 65.7 Å². The zero-order valence-corrected chi connectivity index (χ0v) is 18.3. The number of carbonyl (C=O) groups is 1. The van der Waals surface area contributed by atoms with E-state index in [0.717, 1.165) is 37.2 Å². The number of nitrogens with one attached hydrogen (secondary N) is 1. The van der Waals surface area contributed by atoms with E-state index in [0.29, 0.717) is 36.2 Å². The number of nitrogens with zero attached hydrogens (tertiary/aromatic N) is 2. The van der Waals surface area contributed by atoms with Crippen LogP contribution in [-0.2, 0) is 4.79 Å². The molecule has 30 heavy (non-hydrogen) atoms. The van der Waals surface area contributed by atoms with Crippen molar-refractivity contribution in [1.82, 2.24) is 10.3 Å². The van der Waals surface area contributed by atoms with Crippen molar-refractivity contribution in [2.75, 3.05) is 18.5 Å². The topological polar surface area (TPSA) is 86.5 Å². The molecule has 1 aromatic carbocycles. The molecule has 2 aromatic rings. The molecule has 0 atom stereocenters. The van der Waals surface area contributed by atoms with Crippen LogP contribution in [0.3, 0.4) is 0 Å². The molecule has 0 spiro atoms. The minimum Gasteiger partial charge on any atom is -0.490 e. The summed E-state index contributed by atoms with van der Waals surface area (Å²) in [4.78, 5) is 12.8. The van der Waals surface area contributed by atoms with E-state index in [2.05, 4.69) is 22.6 Å². The van der Waals surface area contributed by atoms with Gasteiger partial charge in [-0.3, -0.25) is 4.79 Å². The van der Waals surface area contributed by atoms with E-state index < -0.39 is 0 Å². The summed E-state index contributed by atoms with van der Waals surface area (Å²) < 4.78 is 16.2. The smallest absolute Gasteiger partial charge is 0.228 e. The summed E-state index contributed by atoms with van der Waals surface area (Å²) in [6.07, 6.45) is 7.90. The number of hydrogen-bond acceptors (Lipinski definition) is 6. The second kappa shape index (κ2) is 11.0. The maximum Gasteiger partial charge on any atom is 0.228 e. The van der Waals surface area contributed by atoms with E-state index >= 15 is 0 Å². The summed E-state index contributed by atoms with van der Waals surface area (Å²) in [6.45, 7) is 7.14. The van der Waals surface area contributed by atoms with Crippen LogP contribution in [0.5, 0.6) is 11.5 Å². The average Bonchev–Trinajstić information content (AvgIpc) is 3.22. The van der Waals surface area contributed by atoms with E-state index in [-0.39, 0.29) is 11.8 Å². The van der Waals surface area contributed by atoms with Crippen molar-refractivity contribution in [2.24, 2.45) is 11.8 Å². The number of carbonyl (C=O) groups excluding carboxylic acids is 1. The summed E-state index contributed by atoms with van der Waals surface area (Å²) >= 11 is 0. The zero-order chi connectivity index (χ0) is 21.3. The van der Waals surface area contributed by atoms with Crippen molar-refractivity contribution in [1.29, 1.82) is 0 Å². The van der Waals surface area contributed by atoms with Gasteiger partial charge in [0.05, 0.1) is 13.2 Å². The van der Waals surface area contributed by atoms with Crippen LogP contribution in [-0.4, -0.2) is 29.4 Å². The number of ether oxygens (including phenoxy) is 2. The molecule has 0 bridgehead atoms. The highest BCUT2D eigenvalue weighted by Gasteiger charge is 2.27. The summed E-state index contributed by atoms with van der Waals surface area (Å²) in [5, 5.41) is 10.9. The zero-order valence-electron chi connectivity index (χ0n) is 18.3. The van der Waals surface area contributed by atoms with Crippen LogP contribution in [0.4, 0.5) is 5.82 Å². The van der Waals surface area contributed by atoms with Crippen LogP contribution >= 0.6 is 0 Å². The molecule has 0 aliphatic heterocycles. The Morgan fingerprint density at radius 2 is 1.80 bits per heavy atom. The highest BCUT2D eigenvalue weighted by molar-refractivity contribution is 5.94. The summed E-state index contributed by atoms with van der Waals surface area (Å²) in [7, 11) is 0. The van der Waals surface area contributed by atoms with Gasteiger partial charge < -0.3 is 14.8 Å². The SMILES string of the molecule is CCCCC1CCC(C(=O)Nc2nonc2-c2ccc(OCC)c(OCC)c2)CC1. The Morgan fingerprint density at radius 3 is 2.50 bits per heavy atom. The molecule has 1 heterocycles. The Kier molecular flexibility index (Phi) is 8.11. The fourth-order valence-corrected chi connectivity index (χ4v) is 4.08. The summed E-state index contributed by atoms with van der Waals surface area (Å²) in [5.74, 6) is 2.43. The molecule has 0 unspecified atom stereocenters. The van der Waals surface area contributed by atoms with Gasteiger partial charge in [-0.05, 0) is 74.0 Å². The van der Waals surface area contributed by atoms with E-state index in [1.807, 2.05) is 32.0 Å². The first-order valence-corrected chi connectivity index (χ1v) is 11.2. The predicted octanol–water partition coefficient (Wildman–Crippen LogP) is 5.47. The van der Waals surface area contributed by atoms with Gasteiger partial charge >= 0.3 is 0 Å². The Hall–Kier alpha value is -2.57. The fourth-order valence-electron chi connectivity index (χ4n) is 4.08. The number of rotatable bonds is 10. The van der Waals surface area contributed by atoms with Crippen LogP contribution in [0.1, 0.15) is 65.7 Å². The monoisotopic (exact) mass is 415 g/mol. The van der Waals surface area contributed by atoms with Gasteiger partial charge in [0.15, 0.2) is 17.2 Å². The molecular formula is C23H33N3O4. The molecule has 1 amide bonds. The van der Waals surface area contributed by atoms with Gasteiger partial charge in [0.2, 0.25) is 11.7 Å². The van der Waals surface area contributed by atoms with Crippen LogP contribution < -0.4 is 14.8 Å². The molecule has 1 aromatic heterocycles. The number of hydrogen-bond donors (Lipinski definition) is 1. The van der Waals surface area contributed by atoms with E-state index in [9.17, 15) is 4.79 Å². The Labute approximate surface area is 178 Å².